The third-order valence-electron chi connectivity index (χ3n) is 6.80. The number of imidazole rings is 1. The summed E-state index contributed by atoms with van der Waals surface area (Å²) in [5, 5.41) is 0. The van der Waals surface area contributed by atoms with Crippen LogP contribution in [0, 0.1) is 5.82 Å². The van der Waals surface area contributed by atoms with E-state index in [1.807, 2.05) is 19.3 Å². The summed E-state index contributed by atoms with van der Waals surface area (Å²) in [6.45, 7) is 1.68. The largest absolute Gasteiger partial charge is 0.480 e. The first-order valence-corrected chi connectivity index (χ1v) is 12.8. The first-order chi connectivity index (χ1) is 19.7. The van der Waals surface area contributed by atoms with Crippen molar-refractivity contribution in [2.75, 3.05) is 7.11 Å². The lowest BCUT2D eigenvalue weighted by atomic mass is 10.1. The number of hydrogen-bond acceptors (Lipinski definition) is 8. The molecule has 0 spiro atoms. The Morgan fingerprint density at radius 1 is 1.07 bits per heavy atom. The predicted molar refractivity (Wildman–Crippen MR) is 138 cm³/mol. The van der Waals surface area contributed by atoms with Gasteiger partial charge in [0.15, 0.2) is 23.2 Å². The third-order valence-corrected chi connectivity index (χ3v) is 6.80. The number of halogens is 4. The van der Waals surface area contributed by atoms with Crippen molar-refractivity contribution in [3.05, 3.63) is 59.8 Å². The number of alkyl halides is 3. The molecule has 0 bridgehead atoms. The second-order valence-corrected chi connectivity index (χ2v) is 9.63. The molecule has 0 N–H and O–H groups in total. The standard InChI is InChI=1S/C27H24F4N8O2/c1-4-39-11-18(27(29,30)31)36-24(39)21-16(28)9-14(10-32-21)12-41-26-22-17(7-8-38(22)2)35-23(37-26)19-20(15-5-6-15)33-13-34-25(19)40-3/h7-11,13,15H,4-6,12H2,1-3H3. The molecular weight excluding hydrogens is 544 g/mol. The fraction of sp³-hybridized carbons (Fsp3) is 0.333. The summed E-state index contributed by atoms with van der Waals surface area (Å²) in [7, 11) is 3.34. The van der Waals surface area contributed by atoms with Crippen LogP contribution in [0.5, 0.6) is 11.8 Å². The molecule has 6 rings (SSSR count). The van der Waals surface area contributed by atoms with Gasteiger partial charge < -0.3 is 18.6 Å². The van der Waals surface area contributed by atoms with Crippen LogP contribution in [-0.4, -0.2) is 46.1 Å². The number of methoxy groups -OCH3 is 1. The van der Waals surface area contributed by atoms with E-state index in [-0.39, 0.29) is 36.5 Å². The van der Waals surface area contributed by atoms with Crippen molar-refractivity contribution < 1.29 is 27.0 Å². The number of nitrogens with zero attached hydrogens (tertiary/aromatic N) is 8. The number of pyridine rings is 1. The summed E-state index contributed by atoms with van der Waals surface area (Å²) < 4.78 is 69.3. The van der Waals surface area contributed by atoms with Crippen molar-refractivity contribution in [1.29, 1.82) is 0 Å². The van der Waals surface area contributed by atoms with Gasteiger partial charge in [-0.2, -0.15) is 18.2 Å². The summed E-state index contributed by atoms with van der Waals surface area (Å²) in [6.07, 6.45) is 2.78. The molecule has 0 aliphatic heterocycles. The Hall–Kier alpha value is -4.62. The van der Waals surface area contributed by atoms with Gasteiger partial charge in [0.1, 0.15) is 29.7 Å². The maximum Gasteiger partial charge on any atom is 0.434 e. The van der Waals surface area contributed by atoms with Crippen LogP contribution in [0.15, 0.2) is 37.1 Å². The van der Waals surface area contributed by atoms with Crippen LogP contribution in [0.25, 0.3) is 33.9 Å². The van der Waals surface area contributed by atoms with Crippen LogP contribution in [0.2, 0.25) is 0 Å². The van der Waals surface area contributed by atoms with E-state index in [0.717, 1.165) is 30.8 Å². The topological polar surface area (TPSA) is 106 Å². The molecule has 5 aromatic heterocycles. The van der Waals surface area contributed by atoms with E-state index in [1.54, 1.807) is 11.5 Å². The summed E-state index contributed by atoms with van der Waals surface area (Å²) >= 11 is 0. The highest BCUT2D eigenvalue weighted by Crippen LogP contribution is 2.45. The zero-order valence-corrected chi connectivity index (χ0v) is 22.3. The SMILES string of the molecule is CCn1cc(C(F)(F)F)nc1-c1ncc(COc2nc(-c3c(OC)ncnc3C3CC3)nc3ccn(C)c23)cc1F. The van der Waals surface area contributed by atoms with E-state index in [9.17, 15) is 13.2 Å². The minimum absolute atomic E-state index is 0.116. The van der Waals surface area contributed by atoms with Gasteiger partial charge in [0, 0.05) is 43.7 Å². The molecular formula is C27H24F4N8O2. The van der Waals surface area contributed by atoms with Gasteiger partial charge in [0.2, 0.25) is 11.8 Å². The molecule has 0 saturated heterocycles. The maximum absolute atomic E-state index is 15.1. The first-order valence-electron chi connectivity index (χ1n) is 12.8. The van der Waals surface area contributed by atoms with Gasteiger partial charge in [-0.05, 0) is 31.9 Å². The van der Waals surface area contributed by atoms with Crippen molar-refractivity contribution in [2.45, 2.75) is 45.0 Å². The lowest BCUT2D eigenvalue weighted by molar-refractivity contribution is -0.140. The average Bonchev–Trinajstić information content (AvgIpc) is 3.60. The highest BCUT2D eigenvalue weighted by molar-refractivity contribution is 5.83. The number of aryl methyl sites for hydroxylation is 2. The Balaban J connectivity index is 1.33. The van der Waals surface area contributed by atoms with Crippen molar-refractivity contribution >= 4 is 11.0 Å². The summed E-state index contributed by atoms with van der Waals surface area (Å²) in [6, 6.07) is 2.98. The number of fused-ring (bicyclic) bond motifs is 1. The van der Waals surface area contributed by atoms with Crippen LogP contribution in [-0.2, 0) is 26.4 Å². The van der Waals surface area contributed by atoms with Crippen molar-refractivity contribution in [2.24, 2.45) is 7.05 Å². The van der Waals surface area contributed by atoms with Gasteiger partial charge >= 0.3 is 6.18 Å². The normalized spacial score (nSPS) is 13.6. The lowest BCUT2D eigenvalue weighted by Gasteiger charge is -2.13. The minimum Gasteiger partial charge on any atom is -0.480 e. The van der Waals surface area contributed by atoms with Gasteiger partial charge in [0.25, 0.3) is 0 Å². The maximum atomic E-state index is 15.1. The summed E-state index contributed by atoms with van der Waals surface area (Å²) in [5.41, 5.74) is 1.58. The third kappa shape index (κ3) is 4.93. The lowest BCUT2D eigenvalue weighted by Crippen LogP contribution is -2.06. The summed E-state index contributed by atoms with van der Waals surface area (Å²) in [5.74, 6) is 0.165. The van der Waals surface area contributed by atoms with Crippen LogP contribution in [0.4, 0.5) is 17.6 Å². The van der Waals surface area contributed by atoms with Crippen LogP contribution in [0.3, 0.4) is 0 Å². The quantitative estimate of drug-likeness (QED) is 0.232. The molecule has 5 aromatic rings. The Morgan fingerprint density at radius 3 is 2.56 bits per heavy atom. The van der Waals surface area contributed by atoms with Gasteiger partial charge in [-0.3, -0.25) is 0 Å². The van der Waals surface area contributed by atoms with E-state index in [4.69, 9.17) is 14.5 Å². The second-order valence-electron chi connectivity index (χ2n) is 9.63. The van der Waals surface area contributed by atoms with E-state index in [0.29, 0.717) is 33.9 Å². The first kappa shape index (κ1) is 26.6. The molecule has 0 aromatic carbocycles. The molecule has 212 valence electrons. The molecule has 1 saturated carbocycles. The fourth-order valence-electron chi connectivity index (χ4n) is 4.64. The van der Waals surface area contributed by atoms with Crippen LogP contribution in [0.1, 0.15) is 42.6 Å². The monoisotopic (exact) mass is 568 g/mol. The second kappa shape index (κ2) is 10.1. The molecule has 0 atom stereocenters. The highest BCUT2D eigenvalue weighted by Gasteiger charge is 2.35. The van der Waals surface area contributed by atoms with Crippen LogP contribution < -0.4 is 9.47 Å². The zero-order chi connectivity index (χ0) is 28.9. The van der Waals surface area contributed by atoms with E-state index in [1.165, 1.54) is 24.2 Å². The van der Waals surface area contributed by atoms with Gasteiger partial charge in [-0.15, -0.1) is 0 Å². The van der Waals surface area contributed by atoms with Crippen molar-refractivity contribution in [3.63, 3.8) is 0 Å². The smallest absolute Gasteiger partial charge is 0.434 e. The predicted octanol–water partition coefficient (Wildman–Crippen LogP) is 5.33. The molecule has 1 aliphatic rings. The van der Waals surface area contributed by atoms with Gasteiger partial charge in [-0.25, -0.2) is 29.3 Å². The Morgan fingerprint density at radius 2 is 1.88 bits per heavy atom. The number of aromatic nitrogens is 8. The number of hydrogen-bond donors (Lipinski definition) is 0. The Kier molecular flexibility index (Phi) is 6.54. The van der Waals surface area contributed by atoms with Gasteiger partial charge in [0.05, 0.1) is 18.3 Å². The molecule has 1 fully saturated rings. The molecule has 0 radical (unpaired) electrons. The molecule has 5 heterocycles. The molecule has 0 amide bonds. The minimum atomic E-state index is -4.66. The van der Waals surface area contributed by atoms with Crippen LogP contribution >= 0.6 is 0 Å². The number of rotatable bonds is 8. The Bertz CT molecular complexity index is 1760. The van der Waals surface area contributed by atoms with E-state index >= 15 is 4.39 Å². The molecule has 41 heavy (non-hydrogen) atoms. The molecule has 14 heteroatoms. The average molecular weight is 569 g/mol. The Labute approximate surface area is 231 Å². The van der Waals surface area contributed by atoms with Gasteiger partial charge in [-0.1, -0.05) is 0 Å². The summed E-state index contributed by atoms with van der Waals surface area (Å²) in [4.78, 5) is 25.8. The van der Waals surface area contributed by atoms with Crippen molar-refractivity contribution in [3.8, 4) is 34.7 Å². The highest BCUT2D eigenvalue weighted by atomic mass is 19.4. The zero-order valence-electron chi connectivity index (χ0n) is 22.3. The van der Waals surface area contributed by atoms with E-state index < -0.39 is 17.7 Å². The molecule has 10 nitrogen and oxygen atoms in total. The molecule has 0 unspecified atom stereocenters. The molecule has 1 aliphatic carbocycles. The van der Waals surface area contributed by atoms with Crippen molar-refractivity contribution in [1.82, 2.24) is 39.0 Å². The fourth-order valence-corrected chi connectivity index (χ4v) is 4.64. The number of ether oxygens (including phenoxy) is 2. The van der Waals surface area contributed by atoms with E-state index in [2.05, 4.69) is 24.9 Å².